The van der Waals surface area contributed by atoms with Gasteiger partial charge in [-0.05, 0) is 43.5 Å². The van der Waals surface area contributed by atoms with Crippen LogP contribution in [0.15, 0.2) is 30.5 Å². The molecule has 3 rings (SSSR count). The summed E-state index contributed by atoms with van der Waals surface area (Å²) in [7, 11) is 1.51. The number of halogens is 1. The van der Waals surface area contributed by atoms with Gasteiger partial charge in [-0.1, -0.05) is 11.6 Å². The van der Waals surface area contributed by atoms with Gasteiger partial charge in [-0.2, -0.15) is 0 Å². The zero-order valence-corrected chi connectivity index (χ0v) is 15.5. The number of aromatic nitrogens is 1. The lowest BCUT2D eigenvalue weighted by Crippen LogP contribution is -2.28. The van der Waals surface area contributed by atoms with Gasteiger partial charge in [-0.3, -0.25) is 14.6 Å². The van der Waals surface area contributed by atoms with Crippen LogP contribution >= 0.6 is 11.6 Å². The number of carbonyl (C=O) groups excluding carboxylic acids is 2. The minimum atomic E-state index is -0.345. The van der Waals surface area contributed by atoms with Crippen molar-refractivity contribution in [3.63, 3.8) is 0 Å². The summed E-state index contributed by atoms with van der Waals surface area (Å²) in [6.45, 7) is 3.31. The van der Waals surface area contributed by atoms with Crippen molar-refractivity contribution in [3.05, 3.63) is 52.3 Å². The second kappa shape index (κ2) is 7.74. The number of pyridine rings is 1. The highest BCUT2D eigenvalue weighted by atomic mass is 35.5. The van der Waals surface area contributed by atoms with Crippen LogP contribution in [0.25, 0.3) is 0 Å². The largest absolute Gasteiger partial charge is 0.495 e. The average molecular weight is 374 g/mol. The Morgan fingerprint density at radius 1 is 1.23 bits per heavy atom. The summed E-state index contributed by atoms with van der Waals surface area (Å²) in [5.41, 5.74) is 1.97. The number of likely N-dealkylation sites (tertiary alicyclic amines) is 1. The second-order valence-corrected chi connectivity index (χ2v) is 6.59. The van der Waals surface area contributed by atoms with E-state index in [4.69, 9.17) is 16.3 Å². The molecule has 26 heavy (non-hydrogen) atoms. The van der Waals surface area contributed by atoms with E-state index >= 15 is 0 Å². The predicted octanol–water partition coefficient (Wildman–Crippen LogP) is 3.54. The van der Waals surface area contributed by atoms with Gasteiger partial charge in [0.05, 0.1) is 12.8 Å². The van der Waals surface area contributed by atoms with E-state index in [1.165, 1.54) is 19.4 Å². The molecule has 1 aliphatic rings. The van der Waals surface area contributed by atoms with Gasteiger partial charge in [-0.15, -0.1) is 0 Å². The molecule has 0 saturated carbocycles. The SMILES string of the molecule is COc1cc(Cl)c(C)cc1NC(=O)c1ccnc(C(=O)N2CCCC2)c1. The maximum Gasteiger partial charge on any atom is 0.272 e. The molecule has 1 N–H and O–H groups in total. The van der Waals surface area contributed by atoms with E-state index in [-0.39, 0.29) is 17.5 Å². The maximum absolute atomic E-state index is 12.6. The van der Waals surface area contributed by atoms with E-state index in [2.05, 4.69) is 10.3 Å². The Balaban J connectivity index is 1.81. The molecular formula is C19H20ClN3O3. The zero-order valence-electron chi connectivity index (χ0n) is 14.7. The smallest absolute Gasteiger partial charge is 0.272 e. The summed E-state index contributed by atoms with van der Waals surface area (Å²) in [4.78, 5) is 31.0. The molecule has 0 unspecified atom stereocenters. The maximum atomic E-state index is 12.6. The van der Waals surface area contributed by atoms with Crippen molar-refractivity contribution in [2.45, 2.75) is 19.8 Å². The van der Waals surface area contributed by atoms with Crippen molar-refractivity contribution >= 4 is 29.1 Å². The summed E-state index contributed by atoms with van der Waals surface area (Å²) >= 11 is 6.09. The monoisotopic (exact) mass is 373 g/mol. The van der Waals surface area contributed by atoms with E-state index in [0.717, 1.165) is 31.5 Å². The molecule has 0 aliphatic carbocycles. The Morgan fingerprint density at radius 2 is 1.96 bits per heavy atom. The average Bonchev–Trinajstić information content (AvgIpc) is 3.18. The number of nitrogens with one attached hydrogen (secondary N) is 1. The number of methoxy groups -OCH3 is 1. The van der Waals surface area contributed by atoms with E-state index in [1.54, 1.807) is 23.1 Å². The zero-order chi connectivity index (χ0) is 18.7. The Bertz CT molecular complexity index is 848. The van der Waals surface area contributed by atoms with Crippen LogP contribution in [-0.2, 0) is 0 Å². The van der Waals surface area contributed by atoms with Crippen molar-refractivity contribution in [1.29, 1.82) is 0 Å². The number of anilines is 1. The normalized spacial score (nSPS) is 13.6. The van der Waals surface area contributed by atoms with Crippen LogP contribution in [0.5, 0.6) is 5.75 Å². The lowest BCUT2D eigenvalue weighted by Gasteiger charge is -2.15. The molecule has 1 aromatic carbocycles. The number of aryl methyl sites for hydroxylation is 1. The first-order chi connectivity index (χ1) is 12.5. The van der Waals surface area contributed by atoms with Crippen LogP contribution in [0, 0.1) is 6.92 Å². The number of amides is 2. The molecule has 6 nitrogen and oxygen atoms in total. The highest BCUT2D eigenvalue weighted by Gasteiger charge is 2.21. The van der Waals surface area contributed by atoms with Gasteiger partial charge in [0.2, 0.25) is 0 Å². The van der Waals surface area contributed by atoms with Gasteiger partial charge in [0.25, 0.3) is 11.8 Å². The molecule has 7 heteroatoms. The Labute approximate surface area is 157 Å². The van der Waals surface area contributed by atoms with E-state index in [9.17, 15) is 9.59 Å². The van der Waals surface area contributed by atoms with Gasteiger partial charge in [-0.25, -0.2) is 0 Å². The molecule has 1 aliphatic heterocycles. The minimum Gasteiger partial charge on any atom is -0.495 e. The van der Waals surface area contributed by atoms with Gasteiger partial charge in [0.15, 0.2) is 0 Å². The summed E-state index contributed by atoms with van der Waals surface area (Å²) in [6.07, 6.45) is 3.48. The molecular weight excluding hydrogens is 354 g/mol. The molecule has 136 valence electrons. The number of hydrogen-bond donors (Lipinski definition) is 1. The Morgan fingerprint density at radius 3 is 2.65 bits per heavy atom. The molecule has 2 amide bonds. The fourth-order valence-electron chi connectivity index (χ4n) is 2.90. The molecule has 0 bridgehead atoms. The molecule has 2 heterocycles. The third-order valence-corrected chi connectivity index (χ3v) is 4.77. The third-order valence-electron chi connectivity index (χ3n) is 4.36. The first-order valence-corrected chi connectivity index (χ1v) is 8.78. The van der Waals surface area contributed by atoms with Crippen LogP contribution in [0.3, 0.4) is 0 Å². The van der Waals surface area contributed by atoms with E-state index in [0.29, 0.717) is 22.0 Å². The van der Waals surface area contributed by atoms with E-state index in [1.807, 2.05) is 6.92 Å². The Kier molecular flexibility index (Phi) is 5.42. The first kappa shape index (κ1) is 18.2. The molecule has 0 spiro atoms. The fraction of sp³-hybridized carbons (Fsp3) is 0.316. The van der Waals surface area contributed by atoms with Gasteiger partial charge < -0.3 is 15.0 Å². The van der Waals surface area contributed by atoms with Crippen molar-refractivity contribution in [2.24, 2.45) is 0 Å². The van der Waals surface area contributed by atoms with E-state index < -0.39 is 0 Å². The van der Waals surface area contributed by atoms with Crippen molar-refractivity contribution in [1.82, 2.24) is 9.88 Å². The number of carbonyl (C=O) groups is 2. The number of benzene rings is 1. The molecule has 1 aromatic heterocycles. The topological polar surface area (TPSA) is 71.5 Å². The van der Waals surface area contributed by atoms with Gasteiger partial charge in [0, 0.05) is 35.9 Å². The molecule has 0 radical (unpaired) electrons. The number of ether oxygens (including phenoxy) is 1. The summed E-state index contributed by atoms with van der Waals surface area (Å²) < 4.78 is 5.28. The van der Waals surface area contributed by atoms with Crippen LogP contribution in [0.4, 0.5) is 5.69 Å². The van der Waals surface area contributed by atoms with Gasteiger partial charge >= 0.3 is 0 Å². The second-order valence-electron chi connectivity index (χ2n) is 6.18. The van der Waals surface area contributed by atoms with Crippen molar-refractivity contribution < 1.29 is 14.3 Å². The third kappa shape index (κ3) is 3.80. The molecule has 1 saturated heterocycles. The predicted molar refractivity (Wildman–Crippen MR) is 100 cm³/mol. The summed E-state index contributed by atoms with van der Waals surface area (Å²) in [5, 5.41) is 3.36. The van der Waals surface area contributed by atoms with Crippen LogP contribution in [-0.4, -0.2) is 41.9 Å². The van der Waals surface area contributed by atoms with Crippen molar-refractivity contribution in [2.75, 3.05) is 25.5 Å². The number of nitrogens with zero attached hydrogens (tertiary/aromatic N) is 2. The highest BCUT2D eigenvalue weighted by Crippen LogP contribution is 2.31. The molecule has 1 fully saturated rings. The first-order valence-electron chi connectivity index (χ1n) is 8.40. The van der Waals surface area contributed by atoms with Crippen LogP contribution in [0.2, 0.25) is 5.02 Å². The summed E-state index contributed by atoms with van der Waals surface area (Å²) in [6, 6.07) is 6.49. The quantitative estimate of drug-likeness (QED) is 0.889. The highest BCUT2D eigenvalue weighted by molar-refractivity contribution is 6.31. The number of rotatable bonds is 4. The van der Waals surface area contributed by atoms with Gasteiger partial charge in [0.1, 0.15) is 11.4 Å². The molecule has 0 atom stereocenters. The lowest BCUT2D eigenvalue weighted by atomic mass is 10.1. The lowest BCUT2D eigenvalue weighted by molar-refractivity contribution is 0.0787. The minimum absolute atomic E-state index is 0.142. The fourth-order valence-corrected chi connectivity index (χ4v) is 3.05. The standard InChI is InChI=1S/C19H20ClN3O3/c1-12-9-15(17(26-2)11-14(12)20)22-18(24)13-5-6-21-16(10-13)19(25)23-7-3-4-8-23/h5-6,9-11H,3-4,7-8H2,1-2H3,(H,22,24). The Hall–Kier alpha value is -2.60. The van der Waals surface area contributed by atoms with Crippen LogP contribution in [0.1, 0.15) is 39.3 Å². The summed E-state index contributed by atoms with van der Waals surface area (Å²) in [5.74, 6) is -0.0173. The van der Waals surface area contributed by atoms with Crippen LogP contribution < -0.4 is 10.1 Å². The molecule has 2 aromatic rings. The van der Waals surface area contributed by atoms with Crippen molar-refractivity contribution in [3.8, 4) is 5.75 Å². The number of hydrogen-bond acceptors (Lipinski definition) is 4.